The smallest absolute Gasteiger partial charge is 0.331 e. The fourth-order valence-corrected chi connectivity index (χ4v) is 9.11. The van der Waals surface area contributed by atoms with Gasteiger partial charge in [-0.25, -0.2) is 31.5 Å². The lowest BCUT2D eigenvalue weighted by atomic mass is 9.42. The third-order valence-corrected chi connectivity index (χ3v) is 12.6. The Morgan fingerprint density at radius 2 is 1.48 bits per heavy atom. The van der Waals surface area contributed by atoms with Crippen LogP contribution in [0.4, 0.5) is 22.0 Å². The fourth-order valence-electron chi connectivity index (χ4n) is 9.11. The average Bonchev–Trinajstić information content (AvgIpc) is 3.28. The van der Waals surface area contributed by atoms with Gasteiger partial charge in [0, 0.05) is 24.5 Å². The number of carbonyl (C=O) groups excluding carboxylic acids is 3. The second-order valence-corrected chi connectivity index (χ2v) is 15.1. The lowest BCUT2D eigenvalue weighted by molar-refractivity contribution is -0.314. The molecule has 0 aromatic heterocycles. The van der Waals surface area contributed by atoms with Crippen molar-refractivity contribution in [1.29, 1.82) is 0 Å². The van der Waals surface area contributed by atoms with E-state index in [-0.39, 0.29) is 44.4 Å². The minimum Gasteiger partial charge on any atom is -0.459 e. The zero-order chi connectivity index (χ0) is 37.4. The maximum absolute atomic E-state index is 14.1. The van der Waals surface area contributed by atoms with Gasteiger partial charge in [-0.1, -0.05) is 38.0 Å². The average molecular weight is 711 g/mol. The molecule has 5 rings (SSSR count). The molecule has 4 aliphatic carbocycles. The normalized spacial score (nSPS) is 36.8. The Kier molecular flexibility index (Phi) is 9.58. The molecule has 3 fully saturated rings. The van der Waals surface area contributed by atoms with Crippen LogP contribution in [0.15, 0.2) is 29.4 Å². The van der Waals surface area contributed by atoms with E-state index in [4.69, 9.17) is 9.47 Å². The van der Waals surface area contributed by atoms with Crippen LogP contribution >= 0.6 is 0 Å². The maximum Gasteiger partial charge on any atom is 0.331 e. The molecule has 0 unspecified atom stereocenters. The first-order valence-corrected chi connectivity index (χ1v) is 16.8. The molecular weight excluding hydrogens is 667 g/mol. The Morgan fingerprint density at radius 1 is 0.880 bits per heavy atom. The van der Waals surface area contributed by atoms with Gasteiger partial charge in [0.25, 0.3) is 0 Å². The molecule has 1 aromatic rings. The predicted octanol–water partition coefficient (Wildman–Crippen LogP) is 5.94. The largest absolute Gasteiger partial charge is 0.459 e. The molecule has 8 atom stereocenters. The summed E-state index contributed by atoms with van der Waals surface area (Å²) in [5, 5.41) is 37.0. The summed E-state index contributed by atoms with van der Waals surface area (Å²) in [5.74, 6) is -13.9. The standard InChI is InChI=1S/C37H43F5O8/c1-18(2)19(3)15-27(45)50-25-17-24-33(5)11-10-22(49-26(44)8-7-23-28(38)30(40)32(42)31(41)29(23)39)16-21(33)9-12-36(24,47)37(48)14-13-35(46,20(4)43)34(25,37)6/h7-9,15,18,22,24-25,46-48H,10-14,16-17H2,1-6H3/b8-7+,19-15+/t22-,24+,25+,33-,34+,35+,36-,37+/m0/s1. The van der Waals surface area contributed by atoms with Gasteiger partial charge in [0.05, 0.1) is 11.0 Å². The van der Waals surface area contributed by atoms with Crippen LogP contribution in [0.3, 0.4) is 0 Å². The van der Waals surface area contributed by atoms with Crippen LogP contribution in [0.2, 0.25) is 0 Å². The van der Waals surface area contributed by atoms with Crippen LogP contribution in [-0.2, 0) is 23.9 Å². The molecule has 0 aliphatic heterocycles. The molecule has 3 N–H and O–H groups in total. The highest BCUT2D eigenvalue weighted by atomic mass is 19.2. The van der Waals surface area contributed by atoms with Crippen molar-refractivity contribution < 1.29 is 61.1 Å². The van der Waals surface area contributed by atoms with E-state index in [2.05, 4.69) is 0 Å². The SMILES string of the molecule is CC(=O)[C@]1(O)CC[C@@]2(O)[C@]1(C)[C@H](OC(=O)/C=C(\C)C(C)C)C[C@@H]1[C@@]3(C)CC[C@H](OC(=O)/C=C/c4c(F)c(F)c(F)c(F)c4F)CC3=CC[C@]12O. The fraction of sp³-hybridized carbons (Fsp3) is 0.595. The number of ether oxygens (including phenoxy) is 2. The molecule has 0 radical (unpaired) electrons. The van der Waals surface area contributed by atoms with Crippen LogP contribution in [0.25, 0.3) is 6.08 Å². The molecule has 3 saturated carbocycles. The van der Waals surface area contributed by atoms with Crippen molar-refractivity contribution in [3.8, 4) is 0 Å². The molecule has 0 bridgehead atoms. The zero-order valence-electron chi connectivity index (χ0n) is 28.8. The lowest BCUT2D eigenvalue weighted by Gasteiger charge is -2.67. The van der Waals surface area contributed by atoms with Gasteiger partial charge in [-0.05, 0) is 76.7 Å². The van der Waals surface area contributed by atoms with Crippen LogP contribution in [-0.4, -0.2) is 62.1 Å². The van der Waals surface area contributed by atoms with Crippen LogP contribution in [0.1, 0.15) is 92.1 Å². The highest BCUT2D eigenvalue weighted by Gasteiger charge is 2.81. The molecule has 8 nitrogen and oxygen atoms in total. The second-order valence-electron chi connectivity index (χ2n) is 15.1. The van der Waals surface area contributed by atoms with Gasteiger partial charge in [0.15, 0.2) is 29.1 Å². The molecule has 50 heavy (non-hydrogen) atoms. The summed E-state index contributed by atoms with van der Waals surface area (Å²) in [6.07, 6.45) is 2.47. The molecule has 1 aromatic carbocycles. The van der Waals surface area contributed by atoms with Crippen molar-refractivity contribution in [1.82, 2.24) is 0 Å². The van der Waals surface area contributed by atoms with Gasteiger partial charge in [0.1, 0.15) is 29.0 Å². The van der Waals surface area contributed by atoms with Crippen LogP contribution in [0.5, 0.6) is 0 Å². The summed E-state index contributed by atoms with van der Waals surface area (Å²) >= 11 is 0. The van der Waals surface area contributed by atoms with Crippen LogP contribution in [0, 0.1) is 51.8 Å². The van der Waals surface area contributed by atoms with E-state index >= 15 is 0 Å². The Balaban J connectivity index is 1.43. The number of aliphatic hydroxyl groups is 3. The summed E-state index contributed by atoms with van der Waals surface area (Å²) in [6.45, 7) is 10.2. The quantitative estimate of drug-likeness (QED) is 0.0792. The first-order valence-electron chi connectivity index (χ1n) is 16.8. The van der Waals surface area contributed by atoms with Gasteiger partial charge in [-0.2, -0.15) is 0 Å². The van der Waals surface area contributed by atoms with Crippen LogP contribution < -0.4 is 0 Å². The molecular formula is C37H43F5O8. The van der Waals surface area contributed by atoms with Gasteiger partial charge in [-0.3, -0.25) is 4.79 Å². The molecule has 4 aliphatic rings. The van der Waals surface area contributed by atoms with E-state index in [1.165, 1.54) is 19.9 Å². The molecule has 0 amide bonds. The number of halogens is 5. The van der Waals surface area contributed by atoms with Crippen molar-refractivity contribution in [2.75, 3.05) is 0 Å². The molecule has 0 saturated heterocycles. The molecule has 274 valence electrons. The number of allylic oxidation sites excluding steroid dienone is 1. The topological polar surface area (TPSA) is 130 Å². The van der Waals surface area contributed by atoms with E-state index in [9.17, 15) is 51.7 Å². The first kappa shape index (κ1) is 37.8. The minimum absolute atomic E-state index is 0.00580. The highest BCUT2D eigenvalue weighted by molar-refractivity contribution is 5.88. The number of hydrogen-bond donors (Lipinski definition) is 3. The minimum atomic E-state index is -2.32. The summed E-state index contributed by atoms with van der Waals surface area (Å²) in [6, 6.07) is 0. The number of benzene rings is 1. The van der Waals surface area contributed by atoms with Crippen molar-refractivity contribution >= 4 is 23.8 Å². The number of hydrogen-bond acceptors (Lipinski definition) is 8. The van der Waals surface area contributed by atoms with Crippen molar-refractivity contribution in [3.63, 3.8) is 0 Å². The summed E-state index contributed by atoms with van der Waals surface area (Å²) in [5.41, 5.74) is -8.41. The summed E-state index contributed by atoms with van der Waals surface area (Å²) in [7, 11) is 0. The second kappa shape index (κ2) is 12.7. The number of Topliss-reactive ketones (excluding diaryl/α,β-unsaturated/α-hetero) is 1. The lowest BCUT2D eigenvalue weighted by Crippen LogP contribution is -2.78. The van der Waals surface area contributed by atoms with Crippen molar-refractivity contribution in [2.45, 2.75) is 115 Å². The summed E-state index contributed by atoms with van der Waals surface area (Å²) < 4.78 is 80.2. The van der Waals surface area contributed by atoms with Crippen molar-refractivity contribution in [3.05, 3.63) is 64.0 Å². The Bertz CT molecular complexity index is 1690. The number of fused-ring (bicyclic) bond motifs is 5. The molecule has 0 heterocycles. The number of esters is 2. The van der Waals surface area contributed by atoms with Gasteiger partial charge >= 0.3 is 11.9 Å². The molecule has 0 spiro atoms. The Labute approximate surface area is 287 Å². The van der Waals surface area contributed by atoms with E-state index in [1.54, 1.807) is 13.0 Å². The van der Waals surface area contributed by atoms with E-state index in [0.29, 0.717) is 18.6 Å². The molecule has 13 heteroatoms. The zero-order valence-corrected chi connectivity index (χ0v) is 28.8. The first-order chi connectivity index (χ1) is 23.1. The maximum atomic E-state index is 14.1. The van der Waals surface area contributed by atoms with Crippen molar-refractivity contribution in [2.24, 2.45) is 22.7 Å². The van der Waals surface area contributed by atoms with E-state index in [1.807, 2.05) is 20.8 Å². The van der Waals surface area contributed by atoms with E-state index < -0.39 is 98.1 Å². The van der Waals surface area contributed by atoms with Gasteiger partial charge in [-0.15, -0.1) is 0 Å². The summed E-state index contributed by atoms with van der Waals surface area (Å²) in [4.78, 5) is 38.9. The predicted molar refractivity (Wildman–Crippen MR) is 169 cm³/mol. The number of rotatable bonds is 7. The third-order valence-electron chi connectivity index (χ3n) is 12.6. The monoisotopic (exact) mass is 710 g/mol. The van der Waals surface area contributed by atoms with E-state index in [0.717, 1.165) is 11.1 Å². The van der Waals surface area contributed by atoms with Gasteiger partial charge < -0.3 is 24.8 Å². The third kappa shape index (κ3) is 5.37. The Hall–Kier alpha value is -3.42. The van der Waals surface area contributed by atoms with Gasteiger partial charge in [0.2, 0.25) is 5.82 Å². The number of carbonyl (C=O) groups is 3. The number of ketones is 1. The Morgan fingerprint density at radius 3 is 2.06 bits per heavy atom. The highest BCUT2D eigenvalue weighted by Crippen LogP contribution is 2.71.